The monoisotopic (exact) mass is 424 g/mol. The third-order valence-corrected chi connectivity index (χ3v) is 6.25. The van der Waals surface area contributed by atoms with Crippen molar-refractivity contribution in [2.45, 2.75) is 13.5 Å². The Hall–Kier alpha value is -3.71. The first-order valence-electron chi connectivity index (χ1n) is 10.9. The maximum Gasteiger partial charge on any atom is 0.160 e. The van der Waals surface area contributed by atoms with Gasteiger partial charge in [-0.1, -0.05) is 12.1 Å². The first-order valence-corrected chi connectivity index (χ1v) is 10.9. The van der Waals surface area contributed by atoms with Crippen molar-refractivity contribution in [3.05, 3.63) is 71.8 Å². The molecule has 7 heteroatoms. The summed E-state index contributed by atoms with van der Waals surface area (Å²) in [7, 11) is 0. The number of aryl methyl sites for hydroxylation is 1. The number of hydrogen-bond donors (Lipinski definition) is 1. The molecule has 3 aromatic heterocycles. The first-order chi connectivity index (χ1) is 15.8. The van der Waals surface area contributed by atoms with Crippen LogP contribution in [0.2, 0.25) is 0 Å². The molecule has 1 N–H and O–H groups in total. The molecule has 7 nitrogen and oxygen atoms in total. The van der Waals surface area contributed by atoms with Gasteiger partial charge in [-0.2, -0.15) is 0 Å². The molecule has 160 valence electrons. The van der Waals surface area contributed by atoms with Crippen LogP contribution in [0, 0.1) is 6.92 Å². The summed E-state index contributed by atoms with van der Waals surface area (Å²) < 4.78 is 7.58. The molecule has 1 saturated heterocycles. The van der Waals surface area contributed by atoms with Crippen LogP contribution in [0.4, 0.5) is 17.2 Å². The quantitative estimate of drug-likeness (QED) is 0.531. The summed E-state index contributed by atoms with van der Waals surface area (Å²) in [5, 5.41) is 3.49. The van der Waals surface area contributed by atoms with Gasteiger partial charge >= 0.3 is 0 Å². The maximum atomic E-state index is 5.45. The molecule has 4 aromatic rings. The lowest BCUT2D eigenvalue weighted by Crippen LogP contribution is -2.36. The number of imidazole rings is 1. The van der Waals surface area contributed by atoms with Gasteiger partial charge in [0.25, 0.3) is 0 Å². The molecule has 0 aliphatic carbocycles. The molecule has 1 fully saturated rings. The molecular formula is C25H24N6O. The van der Waals surface area contributed by atoms with E-state index in [0.717, 1.165) is 66.9 Å². The van der Waals surface area contributed by atoms with Crippen LogP contribution in [0.5, 0.6) is 0 Å². The number of anilines is 3. The van der Waals surface area contributed by atoms with Crippen LogP contribution in [0.25, 0.3) is 16.8 Å². The van der Waals surface area contributed by atoms with Crippen molar-refractivity contribution < 1.29 is 4.74 Å². The molecular weight excluding hydrogens is 400 g/mol. The number of fused-ring (bicyclic) bond motifs is 2. The number of aliphatic imine (C=N–C) groups is 1. The van der Waals surface area contributed by atoms with E-state index in [1.807, 2.05) is 30.9 Å². The standard InChI is InChI=1S/C25H24N6O/c1-17-22(18-2-3-19-14-26-15-20(19)12-18)13-23(25-27-6-7-31(17)25)29-24-5-4-21(16-28-24)30-8-10-32-11-9-30/h2-7,12-14,16H,8-11,15H2,1H3,(H,28,29). The number of ether oxygens (including phenoxy) is 1. The van der Waals surface area contributed by atoms with Crippen LogP contribution < -0.4 is 10.2 Å². The molecule has 0 radical (unpaired) electrons. The highest BCUT2D eigenvalue weighted by atomic mass is 16.5. The van der Waals surface area contributed by atoms with Crippen molar-refractivity contribution in [1.82, 2.24) is 14.4 Å². The van der Waals surface area contributed by atoms with Crippen LogP contribution in [0.1, 0.15) is 16.8 Å². The van der Waals surface area contributed by atoms with E-state index in [1.165, 1.54) is 16.7 Å². The van der Waals surface area contributed by atoms with Crippen LogP contribution in [0.15, 0.2) is 60.0 Å². The van der Waals surface area contributed by atoms with Crippen molar-refractivity contribution in [2.24, 2.45) is 4.99 Å². The third-order valence-electron chi connectivity index (χ3n) is 6.25. The fraction of sp³-hybridized carbons (Fsp3) is 0.240. The molecule has 2 aliphatic rings. The van der Waals surface area contributed by atoms with Gasteiger partial charge in [-0.25, -0.2) is 9.97 Å². The predicted molar refractivity (Wildman–Crippen MR) is 127 cm³/mol. The van der Waals surface area contributed by atoms with Crippen molar-refractivity contribution in [3.8, 4) is 11.1 Å². The molecule has 5 heterocycles. The van der Waals surface area contributed by atoms with E-state index in [-0.39, 0.29) is 0 Å². The number of morpholine rings is 1. The van der Waals surface area contributed by atoms with E-state index in [1.54, 1.807) is 0 Å². The van der Waals surface area contributed by atoms with Gasteiger partial charge in [0.15, 0.2) is 5.65 Å². The number of aromatic nitrogens is 3. The van der Waals surface area contributed by atoms with Gasteiger partial charge in [0, 0.05) is 43.0 Å². The summed E-state index contributed by atoms with van der Waals surface area (Å²) in [5.74, 6) is 0.795. The van der Waals surface area contributed by atoms with Gasteiger partial charge in [-0.3, -0.25) is 4.99 Å². The first kappa shape index (κ1) is 19.0. The van der Waals surface area contributed by atoms with Crippen LogP contribution in [-0.2, 0) is 11.3 Å². The van der Waals surface area contributed by atoms with Gasteiger partial charge in [0.1, 0.15) is 5.82 Å². The van der Waals surface area contributed by atoms with Gasteiger partial charge in [-0.05, 0) is 47.9 Å². The molecule has 0 bridgehead atoms. The average Bonchev–Trinajstić information content (AvgIpc) is 3.52. The van der Waals surface area contributed by atoms with E-state index in [2.05, 4.69) is 66.8 Å². The van der Waals surface area contributed by atoms with E-state index >= 15 is 0 Å². The number of pyridine rings is 2. The fourth-order valence-corrected chi connectivity index (χ4v) is 4.49. The summed E-state index contributed by atoms with van der Waals surface area (Å²) in [6.07, 6.45) is 7.71. The Morgan fingerprint density at radius 1 is 1.03 bits per heavy atom. The molecule has 0 unspecified atom stereocenters. The summed E-state index contributed by atoms with van der Waals surface area (Å²) in [4.78, 5) is 15.9. The Kier molecular flexibility index (Phi) is 4.61. The summed E-state index contributed by atoms with van der Waals surface area (Å²) in [6.45, 7) is 6.21. The molecule has 2 aliphatic heterocycles. The van der Waals surface area contributed by atoms with Crippen molar-refractivity contribution in [3.63, 3.8) is 0 Å². The summed E-state index contributed by atoms with van der Waals surface area (Å²) >= 11 is 0. The minimum Gasteiger partial charge on any atom is -0.378 e. The second-order valence-corrected chi connectivity index (χ2v) is 8.19. The number of benzene rings is 1. The number of nitrogens with one attached hydrogen (secondary N) is 1. The Morgan fingerprint density at radius 3 is 2.78 bits per heavy atom. The molecule has 0 saturated carbocycles. The zero-order chi connectivity index (χ0) is 21.5. The van der Waals surface area contributed by atoms with Crippen LogP contribution in [0.3, 0.4) is 0 Å². The molecule has 1 aromatic carbocycles. The van der Waals surface area contributed by atoms with E-state index < -0.39 is 0 Å². The molecule has 0 amide bonds. The second kappa shape index (κ2) is 7.76. The largest absolute Gasteiger partial charge is 0.378 e. The highest BCUT2D eigenvalue weighted by Gasteiger charge is 2.15. The lowest BCUT2D eigenvalue weighted by molar-refractivity contribution is 0.122. The number of rotatable bonds is 4. The van der Waals surface area contributed by atoms with Crippen molar-refractivity contribution in [1.29, 1.82) is 0 Å². The van der Waals surface area contributed by atoms with E-state index in [4.69, 9.17) is 4.74 Å². The van der Waals surface area contributed by atoms with Gasteiger partial charge in [0.05, 0.1) is 37.3 Å². The SMILES string of the molecule is Cc1c(-c2ccc3c(c2)CN=C3)cc(Nc2ccc(N3CCOCC3)cn2)c2nccn12. The Balaban J connectivity index is 1.35. The number of nitrogens with zero attached hydrogens (tertiary/aromatic N) is 5. The number of hydrogen-bond acceptors (Lipinski definition) is 6. The predicted octanol–water partition coefficient (Wildman–Crippen LogP) is 4.22. The maximum absolute atomic E-state index is 5.45. The van der Waals surface area contributed by atoms with E-state index in [9.17, 15) is 0 Å². The van der Waals surface area contributed by atoms with Crippen LogP contribution >= 0.6 is 0 Å². The van der Waals surface area contributed by atoms with Gasteiger partial charge in [-0.15, -0.1) is 0 Å². The minimum atomic E-state index is 0.750. The highest BCUT2D eigenvalue weighted by Crippen LogP contribution is 2.33. The van der Waals surface area contributed by atoms with E-state index in [0.29, 0.717) is 0 Å². The average molecular weight is 425 g/mol. The van der Waals surface area contributed by atoms with Gasteiger partial charge < -0.3 is 19.4 Å². The third kappa shape index (κ3) is 3.31. The Bertz CT molecular complexity index is 1320. The van der Waals surface area contributed by atoms with Gasteiger partial charge in [0.2, 0.25) is 0 Å². The lowest BCUT2D eigenvalue weighted by Gasteiger charge is -2.28. The zero-order valence-electron chi connectivity index (χ0n) is 18.0. The smallest absolute Gasteiger partial charge is 0.160 e. The summed E-state index contributed by atoms with van der Waals surface area (Å²) in [5.41, 5.74) is 8.90. The molecule has 0 spiro atoms. The molecule has 0 atom stereocenters. The lowest BCUT2D eigenvalue weighted by atomic mass is 9.99. The Morgan fingerprint density at radius 2 is 1.94 bits per heavy atom. The fourth-order valence-electron chi connectivity index (χ4n) is 4.49. The van der Waals surface area contributed by atoms with Crippen molar-refractivity contribution >= 4 is 29.1 Å². The highest BCUT2D eigenvalue weighted by molar-refractivity contribution is 5.87. The normalized spacial score (nSPS) is 15.3. The molecule has 32 heavy (non-hydrogen) atoms. The van der Waals surface area contributed by atoms with Crippen molar-refractivity contribution in [2.75, 3.05) is 36.5 Å². The molecule has 6 rings (SSSR count). The minimum absolute atomic E-state index is 0.750. The topological polar surface area (TPSA) is 67.0 Å². The van der Waals surface area contributed by atoms with Crippen LogP contribution in [-0.4, -0.2) is 46.9 Å². The Labute approximate surface area is 186 Å². The summed E-state index contributed by atoms with van der Waals surface area (Å²) in [6, 6.07) is 12.9. The second-order valence-electron chi connectivity index (χ2n) is 8.19. The zero-order valence-corrected chi connectivity index (χ0v) is 18.0.